The smallest absolute Gasteiger partial charge is 0.169 e. The van der Waals surface area contributed by atoms with E-state index in [9.17, 15) is 9.50 Å². The van der Waals surface area contributed by atoms with Crippen molar-refractivity contribution >= 4 is 11.8 Å². The number of hydrogen-bond donors (Lipinski definition) is 1. The van der Waals surface area contributed by atoms with Crippen LogP contribution in [0.4, 0.5) is 4.39 Å². The van der Waals surface area contributed by atoms with Crippen LogP contribution >= 0.6 is 11.8 Å². The molecule has 2 rings (SSSR count). The maximum Gasteiger partial charge on any atom is 0.169 e. The molecule has 1 aliphatic heterocycles. The predicted molar refractivity (Wildman–Crippen MR) is 54.1 cm³/mol. The van der Waals surface area contributed by atoms with Gasteiger partial charge in [-0.3, -0.25) is 0 Å². The van der Waals surface area contributed by atoms with Crippen molar-refractivity contribution in [2.45, 2.75) is 11.9 Å². The van der Waals surface area contributed by atoms with Crippen LogP contribution in [0.25, 0.3) is 0 Å². The maximum atomic E-state index is 13.7. The Hall–Kier alpha value is -0.740. The Bertz CT molecular complexity index is 354. The first-order valence-electron chi connectivity index (χ1n) is 4.35. The summed E-state index contributed by atoms with van der Waals surface area (Å²) in [6, 6.07) is 3.30. The fourth-order valence-corrected chi connectivity index (χ4v) is 2.61. The number of methoxy groups -OCH3 is 1. The van der Waals surface area contributed by atoms with Gasteiger partial charge in [0.2, 0.25) is 0 Å². The number of aliphatic hydroxyl groups is 1. The molecular formula is C10H11FO2S. The lowest BCUT2D eigenvalue weighted by molar-refractivity contribution is 0.200. The molecule has 2 nitrogen and oxygen atoms in total. The van der Waals surface area contributed by atoms with E-state index in [1.54, 1.807) is 12.1 Å². The van der Waals surface area contributed by atoms with E-state index in [-0.39, 0.29) is 11.6 Å². The molecule has 1 heterocycles. The third kappa shape index (κ3) is 1.48. The summed E-state index contributed by atoms with van der Waals surface area (Å²) >= 11 is 1.53. The van der Waals surface area contributed by atoms with Gasteiger partial charge in [-0.1, -0.05) is 6.07 Å². The standard InChI is InChI=1S/C10H11FO2S/c1-13-9-3-2-6-7(10(9)11)4-14-5-8(6)12/h2-3,8,12H,4-5H2,1H3/t8-/m1/s1. The quantitative estimate of drug-likeness (QED) is 0.776. The highest BCUT2D eigenvalue weighted by Gasteiger charge is 2.23. The van der Waals surface area contributed by atoms with Gasteiger partial charge < -0.3 is 9.84 Å². The average Bonchev–Trinajstić information content (AvgIpc) is 2.20. The van der Waals surface area contributed by atoms with Crippen LogP contribution in [0.1, 0.15) is 17.2 Å². The topological polar surface area (TPSA) is 29.5 Å². The molecule has 1 aromatic rings. The van der Waals surface area contributed by atoms with Crippen LogP contribution in [0.3, 0.4) is 0 Å². The number of hydrogen-bond acceptors (Lipinski definition) is 3. The third-order valence-corrected chi connectivity index (χ3v) is 3.39. The molecule has 0 saturated heterocycles. The maximum absolute atomic E-state index is 13.7. The van der Waals surface area contributed by atoms with E-state index in [2.05, 4.69) is 0 Å². The van der Waals surface area contributed by atoms with E-state index in [4.69, 9.17) is 4.74 Å². The minimum atomic E-state index is -0.552. The van der Waals surface area contributed by atoms with Gasteiger partial charge in [0.25, 0.3) is 0 Å². The molecule has 76 valence electrons. The van der Waals surface area contributed by atoms with E-state index in [0.717, 1.165) is 0 Å². The number of fused-ring (bicyclic) bond motifs is 1. The van der Waals surface area contributed by atoms with E-state index in [0.29, 0.717) is 22.6 Å². The van der Waals surface area contributed by atoms with Crippen LogP contribution in [0.5, 0.6) is 5.75 Å². The Kier molecular flexibility index (Phi) is 2.65. The van der Waals surface area contributed by atoms with Crippen molar-refractivity contribution in [1.82, 2.24) is 0 Å². The van der Waals surface area contributed by atoms with Gasteiger partial charge in [0.1, 0.15) is 0 Å². The van der Waals surface area contributed by atoms with Crippen LogP contribution in [0, 0.1) is 5.82 Å². The van der Waals surface area contributed by atoms with Gasteiger partial charge in [0.15, 0.2) is 11.6 Å². The van der Waals surface area contributed by atoms with Crippen molar-refractivity contribution in [3.05, 3.63) is 29.1 Å². The van der Waals surface area contributed by atoms with Gasteiger partial charge in [0.05, 0.1) is 13.2 Å². The number of ether oxygens (including phenoxy) is 1. The van der Waals surface area contributed by atoms with Crippen molar-refractivity contribution < 1.29 is 14.2 Å². The van der Waals surface area contributed by atoms with Crippen LogP contribution in [-0.2, 0) is 5.75 Å². The minimum absolute atomic E-state index is 0.249. The minimum Gasteiger partial charge on any atom is -0.494 e. The second-order valence-corrected chi connectivity index (χ2v) is 4.21. The van der Waals surface area contributed by atoms with Gasteiger partial charge in [-0.15, -0.1) is 0 Å². The molecule has 0 spiro atoms. The molecule has 0 bridgehead atoms. The molecule has 1 atom stereocenters. The summed E-state index contributed by atoms with van der Waals surface area (Å²) in [6.45, 7) is 0. The zero-order chi connectivity index (χ0) is 10.1. The Labute approximate surface area is 86.1 Å². The Morgan fingerprint density at radius 1 is 1.57 bits per heavy atom. The summed E-state index contributed by atoms with van der Waals surface area (Å²) in [5.41, 5.74) is 1.27. The first kappa shape index (κ1) is 9.80. The fraction of sp³-hybridized carbons (Fsp3) is 0.400. The van der Waals surface area contributed by atoms with Crippen molar-refractivity contribution in [2.75, 3.05) is 12.9 Å². The van der Waals surface area contributed by atoms with Crippen LogP contribution < -0.4 is 4.74 Å². The molecule has 0 aliphatic carbocycles. The SMILES string of the molecule is COc1ccc2c(c1F)CSC[C@H]2O. The number of benzene rings is 1. The van der Waals surface area contributed by atoms with Crippen molar-refractivity contribution in [3.63, 3.8) is 0 Å². The van der Waals surface area contributed by atoms with Crippen LogP contribution in [0.2, 0.25) is 0 Å². The largest absolute Gasteiger partial charge is 0.494 e. The predicted octanol–water partition coefficient (Wildman–Crippen LogP) is 2.11. The molecule has 1 N–H and O–H groups in total. The molecule has 0 aromatic heterocycles. The molecule has 1 aliphatic rings. The van der Waals surface area contributed by atoms with Crippen molar-refractivity contribution in [3.8, 4) is 5.75 Å². The lowest BCUT2D eigenvalue weighted by atomic mass is 10.0. The van der Waals surface area contributed by atoms with E-state index < -0.39 is 6.10 Å². The highest BCUT2D eigenvalue weighted by atomic mass is 32.2. The fourth-order valence-electron chi connectivity index (χ4n) is 1.59. The Balaban J connectivity index is 2.52. The summed E-state index contributed by atoms with van der Waals surface area (Å²) in [7, 11) is 1.44. The Morgan fingerprint density at radius 2 is 2.36 bits per heavy atom. The lowest BCUT2D eigenvalue weighted by Crippen LogP contribution is -2.12. The van der Waals surface area contributed by atoms with Gasteiger partial charge in [-0.25, -0.2) is 4.39 Å². The summed E-state index contributed by atoms with van der Waals surface area (Å²) in [4.78, 5) is 0. The molecule has 0 radical (unpaired) electrons. The first-order chi connectivity index (χ1) is 6.74. The zero-order valence-electron chi connectivity index (χ0n) is 7.79. The van der Waals surface area contributed by atoms with Crippen LogP contribution in [0.15, 0.2) is 12.1 Å². The first-order valence-corrected chi connectivity index (χ1v) is 5.50. The highest BCUT2D eigenvalue weighted by molar-refractivity contribution is 7.98. The summed E-state index contributed by atoms with van der Waals surface area (Å²) < 4.78 is 18.6. The van der Waals surface area contributed by atoms with Crippen LogP contribution in [-0.4, -0.2) is 18.0 Å². The molecule has 0 unspecified atom stereocenters. The number of halogens is 1. The lowest BCUT2D eigenvalue weighted by Gasteiger charge is -2.22. The van der Waals surface area contributed by atoms with Gasteiger partial charge >= 0.3 is 0 Å². The summed E-state index contributed by atoms with van der Waals surface area (Å²) in [5, 5.41) is 9.62. The molecule has 4 heteroatoms. The third-order valence-electron chi connectivity index (χ3n) is 2.35. The molecule has 0 fully saturated rings. The second-order valence-electron chi connectivity index (χ2n) is 3.18. The van der Waals surface area contributed by atoms with Gasteiger partial charge in [-0.2, -0.15) is 11.8 Å². The van der Waals surface area contributed by atoms with Crippen molar-refractivity contribution in [2.24, 2.45) is 0 Å². The zero-order valence-corrected chi connectivity index (χ0v) is 8.60. The Morgan fingerprint density at radius 3 is 3.07 bits per heavy atom. The van der Waals surface area contributed by atoms with E-state index in [1.165, 1.54) is 18.9 Å². The number of aliphatic hydroxyl groups excluding tert-OH is 1. The molecular weight excluding hydrogens is 203 g/mol. The monoisotopic (exact) mass is 214 g/mol. The summed E-state index contributed by atoms with van der Waals surface area (Å²) in [6.07, 6.45) is -0.552. The molecule has 1 aromatic carbocycles. The van der Waals surface area contributed by atoms with Gasteiger partial charge in [-0.05, 0) is 11.6 Å². The molecule has 14 heavy (non-hydrogen) atoms. The van der Waals surface area contributed by atoms with E-state index in [1.807, 2.05) is 0 Å². The van der Waals surface area contributed by atoms with Crippen molar-refractivity contribution in [1.29, 1.82) is 0 Å². The normalized spacial score (nSPS) is 20.4. The second kappa shape index (κ2) is 3.79. The highest BCUT2D eigenvalue weighted by Crippen LogP contribution is 2.36. The number of rotatable bonds is 1. The van der Waals surface area contributed by atoms with E-state index >= 15 is 0 Å². The average molecular weight is 214 g/mol. The molecule has 0 amide bonds. The number of thioether (sulfide) groups is 1. The van der Waals surface area contributed by atoms with Gasteiger partial charge in [0, 0.05) is 17.1 Å². The molecule has 0 saturated carbocycles. The summed E-state index contributed by atoms with van der Waals surface area (Å²) in [5.74, 6) is 1.16.